The highest BCUT2D eigenvalue weighted by Crippen LogP contribution is 2.43. The minimum atomic E-state index is -0.528. The van der Waals surface area contributed by atoms with Gasteiger partial charge in [-0.05, 0) is 71.7 Å². The molecule has 14 aromatic rings. The van der Waals surface area contributed by atoms with Gasteiger partial charge in [-0.2, -0.15) is 0 Å². The summed E-state index contributed by atoms with van der Waals surface area (Å²) in [5.74, 6) is 0.751. The highest BCUT2D eigenvalue weighted by atomic mass is 16.3. The van der Waals surface area contributed by atoms with Crippen molar-refractivity contribution in [1.82, 2.24) is 23.7 Å². The summed E-state index contributed by atoms with van der Waals surface area (Å²) < 4.78 is 85.0. The number of furan rings is 1. The third-order valence-electron chi connectivity index (χ3n) is 12.5. The number of para-hydroxylation sites is 7. The fourth-order valence-electron chi connectivity index (χ4n) is 9.86. The Bertz CT molecular complexity index is 4520. The predicted octanol–water partition coefficient (Wildman–Crippen LogP) is 15.0. The third kappa shape index (κ3) is 4.96. The summed E-state index contributed by atoms with van der Waals surface area (Å²) in [6.07, 6.45) is 0. The van der Waals surface area contributed by atoms with Gasteiger partial charge in [0.25, 0.3) is 0 Å². The first-order valence-corrected chi connectivity index (χ1v) is 21.0. The number of hydrogen-bond acceptors (Lipinski definition) is 3. The van der Waals surface area contributed by atoms with Gasteiger partial charge in [-0.3, -0.25) is 9.13 Å². The van der Waals surface area contributed by atoms with Crippen molar-refractivity contribution in [3.8, 4) is 39.8 Å². The van der Waals surface area contributed by atoms with Crippen molar-refractivity contribution < 1.29 is 15.4 Å². The van der Waals surface area contributed by atoms with Crippen LogP contribution in [0.15, 0.2) is 217 Å². The van der Waals surface area contributed by atoms with Crippen LogP contribution in [0.3, 0.4) is 0 Å². The Morgan fingerprint density at radius 2 is 0.859 bits per heavy atom. The van der Waals surface area contributed by atoms with E-state index >= 15 is 0 Å². The van der Waals surface area contributed by atoms with Crippen molar-refractivity contribution in [2.45, 2.75) is 0 Å². The second-order valence-electron chi connectivity index (χ2n) is 15.9. The maximum absolute atomic E-state index is 9.47. The molecule has 5 heterocycles. The van der Waals surface area contributed by atoms with Crippen molar-refractivity contribution >= 4 is 87.4 Å². The van der Waals surface area contributed by atoms with E-state index in [1.54, 1.807) is 6.07 Å². The minimum Gasteiger partial charge on any atom is -0.456 e. The van der Waals surface area contributed by atoms with Crippen LogP contribution in [0, 0.1) is 0 Å². The van der Waals surface area contributed by atoms with Crippen LogP contribution in [0.4, 0.5) is 0 Å². The standard InChI is InChI=1S/C58H35N5O/c1-8-24-46-38(16-1)39-17-2-9-25-47(39)61(46)52-30-15-23-37(36-32-33-45-44-22-7-14-31-53(44)64-54(45)34-36)57(52)58-59-55(62-48-26-10-3-18-40(48)41-19-4-11-27-49(41)62)35-56(60-58)63-50-28-12-5-20-42(50)43-21-6-13-29-51(43)63/h1-35H/i3D,4D,10D,11D,18D,19D,26D,27D. The Morgan fingerprint density at radius 1 is 0.375 bits per heavy atom. The molecule has 0 saturated heterocycles. The Labute approximate surface area is 377 Å². The molecule has 0 atom stereocenters. The number of fused-ring (bicyclic) bond motifs is 12. The first kappa shape index (κ1) is 28.0. The van der Waals surface area contributed by atoms with Gasteiger partial charge < -0.3 is 8.98 Å². The average molecular weight is 826 g/mol. The Morgan fingerprint density at radius 3 is 1.45 bits per heavy atom. The van der Waals surface area contributed by atoms with Crippen LogP contribution in [0.2, 0.25) is 0 Å². The van der Waals surface area contributed by atoms with Gasteiger partial charge in [0.1, 0.15) is 22.8 Å². The smallest absolute Gasteiger partial charge is 0.166 e. The molecule has 0 N–H and O–H groups in total. The molecule has 0 unspecified atom stereocenters. The number of nitrogens with zero attached hydrogens (tertiary/aromatic N) is 5. The van der Waals surface area contributed by atoms with E-state index in [0.717, 1.165) is 76.8 Å². The number of hydrogen-bond donors (Lipinski definition) is 0. The first-order chi connectivity index (χ1) is 35.1. The molecular weight excluding hydrogens is 783 g/mol. The molecule has 64 heavy (non-hydrogen) atoms. The molecule has 5 aromatic heterocycles. The lowest BCUT2D eigenvalue weighted by atomic mass is 9.96. The van der Waals surface area contributed by atoms with E-state index in [4.69, 9.17) is 19.9 Å². The molecule has 14 rings (SSSR count). The minimum absolute atomic E-state index is 0.0490. The van der Waals surface area contributed by atoms with Crippen molar-refractivity contribution in [3.63, 3.8) is 0 Å². The molecule has 9 aromatic carbocycles. The van der Waals surface area contributed by atoms with Crippen molar-refractivity contribution in [2.75, 3.05) is 0 Å². The monoisotopic (exact) mass is 825 g/mol. The van der Waals surface area contributed by atoms with E-state index in [0.29, 0.717) is 17.0 Å². The maximum Gasteiger partial charge on any atom is 0.166 e. The SMILES string of the molecule is [2H]c1c([2H])c([2H])c2c(c1[2H])c1c([2H])c([2H])c([2H])c([2H])c1n2-c1cc(-n2c3ccccc3c3ccccc32)nc(-c2c(-c3ccc4c(c3)oc3ccccc34)cccc2-n2c3ccccc3c3ccccc32)n1. The summed E-state index contributed by atoms with van der Waals surface area (Å²) in [4.78, 5) is 11.0. The molecular formula is C58H35N5O. The predicted molar refractivity (Wildman–Crippen MR) is 263 cm³/mol. The van der Waals surface area contributed by atoms with Gasteiger partial charge in [0.2, 0.25) is 0 Å². The molecule has 6 nitrogen and oxygen atoms in total. The highest BCUT2D eigenvalue weighted by molar-refractivity contribution is 6.12. The summed E-state index contributed by atoms with van der Waals surface area (Å²) >= 11 is 0. The quantitative estimate of drug-likeness (QED) is 0.174. The summed E-state index contributed by atoms with van der Waals surface area (Å²) in [6, 6.07) is 50.6. The Hall–Kier alpha value is -8.74. The van der Waals surface area contributed by atoms with Crippen LogP contribution in [0.25, 0.3) is 127 Å². The van der Waals surface area contributed by atoms with Gasteiger partial charge in [-0.1, -0.05) is 145 Å². The molecule has 0 bridgehead atoms. The molecule has 0 fully saturated rings. The van der Waals surface area contributed by atoms with Gasteiger partial charge in [-0.25, -0.2) is 9.97 Å². The average Bonchev–Trinajstić information content (AvgIpc) is 4.17. The van der Waals surface area contributed by atoms with Crippen LogP contribution >= 0.6 is 0 Å². The molecule has 0 amide bonds. The molecule has 6 heteroatoms. The zero-order valence-corrected chi connectivity index (χ0v) is 33.7. The van der Waals surface area contributed by atoms with Crippen molar-refractivity contribution in [3.05, 3.63) is 212 Å². The number of benzene rings is 9. The third-order valence-corrected chi connectivity index (χ3v) is 12.5. The fraction of sp³-hybridized carbons (Fsp3) is 0. The zero-order chi connectivity index (χ0) is 48.8. The van der Waals surface area contributed by atoms with E-state index in [-0.39, 0.29) is 33.4 Å². The fourth-order valence-corrected chi connectivity index (χ4v) is 9.86. The second-order valence-corrected chi connectivity index (χ2v) is 15.9. The summed E-state index contributed by atoms with van der Waals surface area (Å²) in [5.41, 5.74) is 7.85. The van der Waals surface area contributed by atoms with Gasteiger partial charge in [-0.15, -0.1) is 0 Å². The first-order valence-electron chi connectivity index (χ1n) is 25.0. The van der Waals surface area contributed by atoms with Crippen LogP contribution in [-0.4, -0.2) is 23.7 Å². The lowest BCUT2D eigenvalue weighted by molar-refractivity contribution is 0.669. The molecule has 298 valence electrons. The van der Waals surface area contributed by atoms with Crippen LogP contribution in [-0.2, 0) is 0 Å². The lowest BCUT2D eigenvalue weighted by Crippen LogP contribution is -2.08. The summed E-state index contributed by atoms with van der Waals surface area (Å²) in [5, 5.41) is 5.89. The molecule has 0 spiro atoms. The largest absolute Gasteiger partial charge is 0.456 e. The zero-order valence-electron chi connectivity index (χ0n) is 41.7. The second kappa shape index (κ2) is 13.4. The summed E-state index contributed by atoms with van der Waals surface area (Å²) in [6.45, 7) is 0. The Balaban J connectivity index is 1.19. The molecule has 0 saturated carbocycles. The van der Waals surface area contributed by atoms with Crippen molar-refractivity contribution in [1.29, 1.82) is 0 Å². The molecule has 0 aliphatic rings. The molecule has 0 radical (unpaired) electrons. The van der Waals surface area contributed by atoms with Gasteiger partial charge >= 0.3 is 0 Å². The summed E-state index contributed by atoms with van der Waals surface area (Å²) in [7, 11) is 0. The highest BCUT2D eigenvalue weighted by Gasteiger charge is 2.25. The topological polar surface area (TPSA) is 53.7 Å². The number of aromatic nitrogens is 5. The molecule has 0 aliphatic carbocycles. The molecule has 0 aliphatic heterocycles. The van der Waals surface area contributed by atoms with Gasteiger partial charge in [0.15, 0.2) is 5.82 Å². The van der Waals surface area contributed by atoms with E-state index in [9.17, 15) is 5.48 Å². The van der Waals surface area contributed by atoms with Crippen LogP contribution in [0.1, 0.15) is 11.0 Å². The van der Waals surface area contributed by atoms with E-state index in [1.165, 1.54) is 4.57 Å². The van der Waals surface area contributed by atoms with Crippen molar-refractivity contribution in [2.24, 2.45) is 0 Å². The number of rotatable bonds is 5. The van der Waals surface area contributed by atoms with Crippen LogP contribution in [0.5, 0.6) is 0 Å². The lowest BCUT2D eigenvalue weighted by Gasteiger charge is -2.19. The van der Waals surface area contributed by atoms with Gasteiger partial charge in [0.05, 0.1) is 55.3 Å². The maximum atomic E-state index is 9.47. The van der Waals surface area contributed by atoms with Crippen LogP contribution < -0.4 is 0 Å². The normalized spacial score (nSPS) is 13.8. The van der Waals surface area contributed by atoms with E-state index in [1.807, 2.05) is 114 Å². The van der Waals surface area contributed by atoms with E-state index < -0.39 is 48.3 Å². The van der Waals surface area contributed by atoms with Gasteiger partial charge in [0, 0.05) is 49.2 Å². The Kier molecular flexibility index (Phi) is 5.85. The van der Waals surface area contributed by atoms with E-state index in [2.05, 4.69) is 53.1 Å².